The maximum atomic E-state index is 12.9. The molecule has 2 aromatic heterocycles. The molecule has 4 rings (SSSR count). The number of hydrogen-bond donors (Lipinski definition) is 4. The van der Waals surface area contributed by atoms with E-state index in [4.69, 9.17) is 4.42 Å². The van der Waals surface area contributed by atoms with Crippen LogP contribution in [-0.4, -0.2) is 34.0 Å². The largest absolute Gasteiger partial charge is 0.459 e. The Kier molecular flexibility index (Phi) is 6.26. The van der Waals surface area contributed by atoms with Crippen LogP contribution >= 0.6 is 0 Å². The minimum atomic E-state index is -1.01. The Bertz CT molecular complexity index is 1350. The number of H-pyrrole nitrogens is 1. The second-order valence-electron chi connectivity index (χ2n) is 7.08. The number of furan rings is 1. The number of hydrazine groups is 1. The first kappa shape index (κ1) is 21.5. The quantitative estimate of drug-likeness (QED) is 0.329. The van der Waals surface area contributed by atoms with Crippen LogP contribution in [0.5, 0.6) is 0 Å². The van der Waals surface area contributed by atoms with Gasteiger partial charge in [-0.05, 0) is 23.8 Å². The Balaban J connectivity index is 1.49. The van der Waals surface area contributed by atoms with Gasteiger partial charge in [0, 0.05) is 11.8 Å². The number of amides is 3. The molecule has 0 aliphatic rings. The number of carbonyl (C=O) groups excluding carboxylic acids is 3. The summed E-state index contributed by atoms with van der Waals surface area (Å²) in [4.78, 5) is 49.9. The van der Waals surface area contributed by atoms with Crippen molar-refractivity contribution in [1.82, 2.24) is 26.4 Å². The predicted octanol–water partition coefficient (Wildman–Crippen LogP) is 1.32. The van der Waals surface area contributed by atoms with Crippen molar-refractivity contribution in [3.8, 4) is 0 Å². The SMILES string of the molecule is O=C(N[C@H](Cc1ccccc1)C(=O)NNC(=O)c1n[nH]c(=O)c2ccccc12)c1ccco1. The number of carbonyl (C=O) groups is 3. The summed E-state index contributed by atoms with van der Waals surface area (Å²) in [6, 6.07) is 17.6. The van der Waals surface area contributed by atoms with Crippen LogP contribution in [0.1, 0.15) is 26.6 Å². The molecule has 33 heavy (non-hydrogen) atoms. The van der Waals surface area contributed by atoms with Gasteiger partial charge >= 0.3 is 0 Å². The van der Waals surface area contributed by atoms with Gasteiger partial charge in [0.2, 0.25) is 0 Å². The van der Waals surface area contributed by atoms with Crippen molar-refractivity contribution in [3.05, 3.63) is 100 Å². The number of nitrogens with one attached hydrogen (secondary N) is 4. The zero-order valence-corrected chi connectivity index (χ0v) is 17.2. The first-order valence-electron chi connectivity index (χ1n) is 9.99. The summed E-state index contributed by atoms with van der Waals surface area (Å²) < 4.78 is 5.08. The summed E-state index contributed by atoms with van der Waals surface area (Å²) in [5.41, 5.74) is 4.90. The lowest BCUT2D eigenvalue weighted by molar-refractivity contribution is -0.123. The first-order chi connectivity index (χ1) is 16.0. The van der Waals surface area contributed by atoms with Crippen LogP contribution in [-0.2, 0) is 11.2 Å². The van der Waals surface area contributed by atoms with Crippen LogP contribution in [0.25, 0.3) is 10.8 Å². The van der Waals surface area contributed by atoms with Crippen LogP contribution in [0.4, 0.5) is 0 Å². The van der Waals surface area contributed by atoms with E-state index in [9.17, 15) is 19.2 Å². The third-order valence-corrected chi connectivity index (χ3v) is 4.86. The van der Waals surface area contributed by atoms with Crippen molar-refractivity contribution in [2.75, 3.05) is 0 Å². The molecule has 1 atom stereocenters. The Morgan fingerprint density at radius 1 is 0.879 bits per heavy atom. The topological polar surface area (TPSA) is 146 Å². The molecule has 10 nitrogen and oxygen atoms in total. The second-order valence-corrected chi connectivity index (χ2v) is 7.08. The van der Waals surface area contributed by atoms with Gasteiger partial charge in [-0.25, -0.2) is 5.10 Å². The summed E-state index contributed by atoms with van der Waals surface area (Å²) in [6.07, 6.45) is 1.53. The van der Waals surface area contributed by atoms with Crippen LogP contribution in [0.2, 0.25) is 0 Å². The lowest BCUT2D eigenvalue weighted by Gasteiger charge is -2.18. The van der Waals surface area contributed by atoms with E-state index >= 15 is 0 Å². The molecule has 3 amide bonds. The molecule has 0 unspecified atom stereocenters. The van der Waals surface area contributed by atoms with Crippen molar-refractivity contribution in [2.45, 2.75) is 12.5 Å². The van der Waals surface area contributed by atoms with Crippen molar-refractivity contribution in [1.29, 1.82) is 0 Å². The number of aromatic nitrogens is 2. The summed E-state index contributed by atoms with van der Waals surface area (Å²) in [5, 5.41) is 9.29. The number of aromatic amines is 1. The van der Waals surface area contributed by atoms with Crippen LogP contribution in [0.3, 0.4) is 0 Å². The van der Waals surface area contributed by atoms with Gasteiger partial charge in [0.1, 0.15) is 6.04 Å². The van der Waals surface area contributed by atoms with Crippen molar-refractivity contribution in [3.63, 3.8) is 0 Å². The van der Waals surface area contributed by atoms with E-state index in [1.165, 1.54) is 12.3 Å². The maximum absolute atomic E-state index is 12.9. The van der Waals surface area contributed by atoms with Crippen LogP contribution in [0.15, 0.2) is 82.2 Å². The van der Waals surface area contributed by atoms with Crippen LogP contribution < -0.4 is 21.7 Å². The molecule has 0 radical (unpaired) electrons. The maximum Gasteiger partial charge on any atom is 0.290 e. The predicted molar refractivity (Wildman–Crippen MR) is 118 cm³/mol. The van der Waals surface area contributed by atoms with Crippen LogP contribution in [0, 0.1) is 0 Å². The molecule has 0 aliphatic heterocycles. The Morgan fingerprint density at radius 3 is 2.33 bits per heavy atom. The third kappa shape index (κ3) is 4.96. The molecule has 166 valence electrons. The Hall–Kier alpha value is -4.73. The van der Waals surface area contributed by atoms with E-state index in [-0.39, 0.29) is 23.3 Å². The lowest BCUT2D eigenvalue weighted by atomic mass is 10.1. The summed E-state index contributed by atoms with van der Waals surface area (Å²) in [5.74, 6) is -1.91. The number of rotatable bonds is 6. The fraction of sp³-hybridized carbons (Fsp3) is 0.0870. The molecule has 4 aromatic rings. The molecule has 4 N–H and O–H groups in total. The highest BCUT2D eigenvalue weighted by atomic mass is 16.3. The number of benzene rings is 2. The molecule has 2 aromatic carbocycles. The summed E-state index contributed by atoms with van der Waals surface area (Å²) in [6.45, 7) is 0. The van der Waals surface area contributed by atoms with Gasteiger partial charge < -0.3 is 9.73 Å². The van der Waals surface area contributed by atoms with E-state index in [0.29, 0.717) is 5.39 Å². The zero-order chi connectivity index (χ0) is 23.2. The van der Waals surface area contributed by atoms with Gasteiger partial charge in [0.05, 0.1) is 11.6 Å². The summed E-state index contributed by atoms with van der Waals surface area (Å²) in [7, 11) is 0. The summed E-state index contributed by atoms with van der Waals surface area (Å²) >= 11 is 0. The molecule has 0 aliphatic carbocycles. The molecular weight excluding hydrogens is 426 g/mol. The molecule has 10 heteroatoms. The first-order valence-corrected chi connectivity index (χ1v) is 9.99. The smallest absolute Gasteiger partial charge is 0.290 e. The zero-order valence-electron chi connectivity index (χ0n) is 17.2. The minimum absolute atomic E-state index is 0.0498. The Labute approximate surface area is 187 Å². The molecular formula is C23H19N5O5. The lowest BCUT2D eigenvalue weighted by Crippen LogP contribution is -2.53. The molecule has 2 heterocycles. The highest BCUT2D eigenvalue weighted by Gasteiger charge is 2.24. The van der Waals surface area contributed by atoms with Crippen molar-refractivity contribution >= 4 is 28.5 Å². The third-order valence-electron chi connectivity index (χ3n) is 4.86. The molecule has 0 saturated heterocycles. The van der Waals surface area contributed by atoms with E-state index in [2.05, 4.69) is 26.4 Å². The highest BCUT2D eigenvalue weighted by molar-refractivity contribution is 6.05. The van der Waals surface area contributed by atoms with Gasteiger partial charge in [0.25, 0.3) is 23.3 Å². The molecule has 0 saturated carbocycles. The van der Waals surface area contributed by atoms with E-state index in [0.717, 1.165) is 5.56 Å². The van der Waals surface area contributed by atoms with E-state index in [1.54, 1.807) is 30.3 Å². The fourth-order valence-corrected chi connectivity index (χ4v) is 3.25. The molecule has 0 bridgehead atoms. The van der Waals surface area contributed by atoms with Gasteiger partial charge in [-0.15, -0.1) is 0 Å². The second kappa shape index (κ2) is 9.60. The standard InChI is InChI=1S/C23H19N5O5/c29-20-16-10-5-4-9-15(16)19(25-26-20)23(32)28-27-21(30)17(13-14-7-2-1-3-8-14)24-22(31)18-11-6-12-33-18/h1-12,17H,13H2,(H,24,31)(H,26,29)(H,27,30)(H,28,32)/t17-/m1/s1. The van der Waals surface area contributed by atoms with E-state index in [1.807, 2.05) is 30.3 Å². The van der Waals surface area contributed by atoms with Gasteiger partial charge in [0.15, 0.2) is 11.5 Å². The average molecular weight is 445 g/mol. The molecule has 0 fully saturated rings. The number of nitrogens with zero attached hydrogens (tertiary/aromatic N) is 1. The van der Waals surface area contributed by atoms with Gasteiger partial charge in [-0.3, -0.25) is 30.0 Å². The molecule has 0 spiro atoms. The fourth-order valence-electron chi connectivity index (χ4n) is 3.25. The Morgan fingerprint density at radius 2 is 1.61 bits per heavy atom. The number of fused-ring (bicyclic) bond motifs is 1. The van der Waals surface area contributed by atoms with Gasteiger partial charge in [-0.1, -0.05) is 48.5 Å². The monoisotopic (exact) mass is 445 g/mol. The highest BCUT2D eigenvalue weighted by Crippen LogP contribution is 2.12. The van der Waals surface area contributed by atoms with E-state index < -0.39 is 29.3 Å². The van der Waals surface area contributed by atoms with Crippen molar-refractivity contribution in [2.24, 2.45) is 0 Å². The normalized spacial score (nSPS) is 11.5. The average Bonchev–Trinajstić information content (AvgIpc) is 3.38. The minimum Gasteiger partial charge on any atom is -0.459 e. The number of hydrogen-bond acceptors (Lipinski definition) is 6. The van der Waals surface area contributed by atoms with Gasteiger partial charge in [-0.2, -0.15) is 5.10 Å². The van der Waals surface area contributed by atoms with Crippen molar-refractivity contribution < 1.29 is 18.8 Å².